The van der Waals surface area contributed by atoms with Crippen LogP contribution in [0.15, 0.2) is 140 Å². The van der Waals surface area contributed by atoms with Gasteiger partial charge in [0.05, 0.1) is 21.8 Å². The second kappa shape index (κ2) is 8.24. The Morgan fingerprint density at radius 1 is 0.432 bits per heavy atom. The zero-order valence-corrected chi connectivity index (χ0v) is 23.1. The van der Waals surface area contributed by atoms with Crippen molar-refractivity contribution in [3.8, 4) is 22.3 Å². The van der Waals surface area contributed by atoms with Gasteiger partial charge in [0, 0.05) is 32.7 Å². The van der Waals surface area contributed by atoms with Gasteiger partial charge >= 0.3 is 0 Å². The van der Waals surface area contributed by atoms with Crippen LogP contribution in [0.5, 0.6) is 0 Å². The SMILES string of the molecule is O=c1c2ccccc2n2c3cccc(-c4cccc5c4oc4ccc(-c6ccc7oc8ccccc8c7c6)cc45)c3c(=O)n12. The first-order valence-corrected chi connectivity index (χ1v) is 14.4. The van der Waals surface area contributed by atoms with Crippen molar-refractivity contribution in [2.75, 3.05) is 0 Å². The lowest BCUT2D eigenvalue weighted by atomic mass is 9.98. The van der Waals surface area contributed by atoms with E-state index in [4.69, 9.17) is 8.83 Å². The lowest BCUT2D eigenvalue weighted by molar-refractivity contribution is 0.669. The predicted molar refractivity (Wildman–Crippen MR) is 175 cm³/mol. The molecule has 0 radical (unpaired) electrons. The fourth-order valence-corrected chi connectivity index (χ4v) is 6.94. The summed E-state index contributed by atoms with van der Waals surface area (Å²) in [6.07, 6.45) is 0. The zero-order valence-electron chi connectivity index (χ0n) is 23.1. The maximum absolute atomic E-state index is 13.8. The molecular weight excluding hydrogens is 548 g/mol. The lowest BCUT2D eigenvalue weighted by Crippen LogP contribution is -2.21. The Labute approximate surface area is 247 Å². The highest BCUT2D eigenvalue weighted by atomic mass is 16.3. The van der Waals surface area contributed by atoms with Crippen LogP contribution in [-0.4, -0.2) is 9.03 Å². The van der Waals surface area contributed by atoms with Gasteiger partial charge in [-0.25, -0.2) is 4.52 Å². The predicted octanol–water partition coefficient (Wildman–Crippen LogP) is 8.64. The van der Waals surface area contributed by atoms with E-state index in [1.165, 1.54) is 4.52 Å². The number of benzene rings is 6. The Morgan fingerprint density at radius 2 is 1.05 bits per heavy atom. The van der Waals surface area contributed by atoms with Gasteiger partial charge in [-0.2, -0.15) is 4.52 Å². The molecule has 10 rings (SSSR count). The number of furan rings is 2. The van der Waals surface area contributed by atoms with Gasteiger partial charge in [-0.05, 0) is 59.7 Å². The molecule has 0 aliphatic carbocycles. The van der Waals surface area contributed by atoms with Gasteiger partial charge in [0.25, 0.3) is 11.1 Å². The number of fused-ring (bicyclic) bond motifs is 11. The van der Waals surface area contributed by atoms with Crippen molar-refractivity contribution in [2.24, 2.45) is 0 Å². The van der Waals surface area contributed by atoms with E-state index in [0.29, 0.717) is 27.4 Å². The van der Waals surface area contributed by atoms with Crippen molar-refractivity contribution in [3.05, 3.63) is 142 Å². The van der Waals surface area contributed by atoms with Crippen LogP contribution in [0, 0.1) is 0 Å². The Morgan fingerprint density at radius 3 is 1.89 bits per heavy atom. The zero-order chi connectivity index (χ0) is 29.1. The Kier molecular flexibility index (Phi) is 4.39. The second-order valence-corrected chi connectivity index (χ2v) is 11.3. The van der Waals surface area contributed by atoms with E-state index in [1.807, 2.05) is 84.9 Å². The fourth-order valence-electron chi connectivity index (χ4n) is 6.94. The number of aromatic nitrogens is 2. The topological polar surface area (TPSA) is 69.2 Å². The van der Waals surface area contributed by atoms with Crippen molar-refractivity contribution in [1.82, 2.24) is 9.03 Å². The minimum absolute atomic E-state index is 0.316. The summed E-state index contributed by atoms with van der Waals surface area (Å²) in [5, 5.41) is 5.13. The maximum atomic E-state index is 13.8. The Hall–Kier alpha value is -6.14. The molecule has 44 heavy (non-hydrogen) atoms. The van der Waals surface area contributed by atoms with Gasteiger partial charge in [-0.1, -0.05) is 72.8 Å². The van der Waals surface area contributed by atoms with Crippen LogP contribution in [-0.2, 0) is 0 Å². The summed E-state index contributed by atoms with van der Waals surface area (Å²) in [7, 11) is 0. The van der Waals surface area contributed by atoms with Crippen molar-refractivity contribution in [2.45, 2.75) is 0 Å². The molecule has 0 atom stereocenters. The average Bonchev–Trinajstić information content (AvgIpc) is 3.79. The first kappa shape index (κ1) is 23.4. The van der Waals surface area contributed by atoms with Crippen molar-refractivity contribution < 1.29 is 8.83 Å². The molecule has 6 aromatic carbocycles. The van der Waals surface area contributed by atoms with Gasteiger partial charge < -0.3 is 8.83 Å². The molecule has 0 spiro atoms. The molecule has 0 N–H and O–H groups in total. The summed E-state index contributed by atoms with van der Waals surface area (Å²) in [6, 6.07) is 39.7. The highest BCUT2D eigenvalue weighted by Crippen LogP contribution is 2.40. The number of hydrogen-bond acceptors (Lipinski definition) is 4. The van der Waals surface area contributed by atoms with Crippen LogP contribution in [0.25, 0.3) is 87.9 Å². The summed E-state index contributed by atoms with van der Waals surface area (Å²) in [5.74, 6) is 0. The van der Waals surface area contributed by atoms with E-state index in [-0.39, 0.29) is 11.1 Å². The molecule has 0 aliphatic heterocycles. The number of para-hydroxylation sites is 3. The van der Waals surface area contributed by atoms with Crippen LogP contribution >= 0.6 is 0 Å². The van der Waals surface area contributed by atoms with Crippen molar-refractivity contribution in [3.63, 3.8) is 0 Å². The molecule has 10 aromatic rings. The van der Waals surface area contributed by atoms with E-state index in [1.54, 1.807) is 10.6 Å². The molecular formula is C38H20N2O4. The molecule has 0 saturated carbocycles. The molecule has 0 unspecified atom stereocenters. The second-order valence-electron chi connectivity index (χ2n) is 11.3. The summed E-state index contributed by atoms with van der Waals surface area (Å²) in [4.78, 5) is 27.1. The molecule has 0 amide bonds. The highest BCUT2D eigenvalue weighted by Gasteiger charge is 2.22. The summed E-state index contributed by atoms with van der Waals surface area (Å²) >= 11 is 0. The van der Waals surface area contributed by atoms with Gasteiger partial charge in [-0.15, -0.1) is 0 Å². The fraction of sp³-hybridized carbons (Fsp3) is 0. The van der Waals surface area contributed by atoms with Crippen LogP contribution < -0.4 is 11.1 Å². The molecule has 0 saturated heterocycles. The normalized spacial score (nSPS) is 12.3. The van der Waals surface area contributed by atoms with Crippen LogP contribution in [0.4, 0.5) is 0 Å². The summed E-state index contributed by atoms with van der Waals surface area (Å²) in [6.45, 7) is 0. The minimum atomic E-state index is -0.339. The third-order valence-corrected chi connectivity index (χ3v) is 8.93. The first-order valence-electron chi connectivity index (χ1n) is 14.4. The molecule has 6 heteroatoms. The van der Waals surface area contributed by atoms with E-state index in [2.05, 4.69) is 30.3 Å². The van der Waals surface area contributed by atoms with Gasteiger partial charge in [-0.3, -0.25) is 9.59 Å². The van der Waals surface area contributed by atoms with Crippen LogP contribution in [0.1, 0.15) is 0 Å². The molecule has 206 valence electrons. The third kappa shape index (κ3) is 2.93. The summed E-state index contributed by atoms with van der Waals surface area (Å²) in [5.41, 5.74) is 7.63. The first-order chi connectivity index (χ1) is 21.7. The van der Waals surface area contributed by atoms with E-state index in [9.17, 15) is 9.59 Å². The van der Waals surface area contributed by atoms with Crippen LogP contribution in [0.2, 0.25) is 0 Å². The van der Waals surface area contributed by atoms with Crippen molar-refractivity contribution in [1.29, 1.82) is 0 Å². The maximum Gasteiger partial charge on any atom is 0.283 e. The molecule has 4 aromatic heterocycles. The molecule has 0 fully saturated rings. The molecule has 0 aliphatic rings. The Balaban J connectivity index is 1.20. The number of nitrogens with zero attached hydrogens (tertiary/aromatic N) is 2. The summed E-state index contributed by atoms with van der Waals surface area (Å²) < 4.78 is 15.5. The largest absolute Gasteiger partial charge is 0.456 e. The van der Waals surface area contributed by atoms with E-state index >= 15 is 0 Å². The smallest absolute Gasteiger partial charge is 0.283 e. The number of hydrogen-bond donors (Lipinski definition) is 0. The molecule has 6 nitrogen and oxygen atoms in total. The minimum Gasteiger partial charge on any atom is -0.456 e. The highest BCUT2D eigenvalue weighted by molar-refractivity contribution is 6.13. The Bertz CT molecular complexity index is 2940. The van der Waals surface area contributed by atoms with Gasteiger partial charge in [0.2, 0.25) is 0 Å². The molecule has 4 heterocycles. The lowest BCUT2D eigenvalue weighted by Gasteiger charge is -2.04. The molecule has 0 bridgehead atoms. The van der Waals surface area contributed by atoms with E-state index in [0.717, 1.165) is 60.5 Å². The quantitative estimate of drug-likeness (QED) is 0.209. The average molecular weight is 569 g/mol. The standard InChI is InChI=1S/C38H20N2O4/c41-37-27-8-1-3-12-30(27)39-31-13-6-9-24(35(31)38(42)40(37)39)25-10-5-11-26-29-20-22(16-18-34(29)44-36(25)26)21-15-17-33-28(19-21)23-7-2-4-14-32(23)43-33/h1-20H. The van der Waals surface area contributed by atoms with E-state index < -0.39 is 0 Å². The van der Waals surface area contributed by atoms with Crippen LogP contribution in [0.3, 0.4) is 0 Å². The monoisotopic (exact) mass is 568 g/mol. The van der Waals surface area contributed by atoms with Gasteiger partial charge in [0.1, 0.15) is 22.3 Å². The van der Waals surface area contributed by atoms with Gasteiger partial charge in [0.15, 0.2) is 0 Å². The third-order valence-electron chi connectivity index (χ3n) is 8.93. The van der Waals surface area contributed by atoms with Crippen molar-refractivity contribution >= 4 is 65.7 Å². The number of rotatable bonds is 2.